The summed E-state index contributed by atoms with van der Waals surface area (Å²) in [6, 6.07) is 6.58. The topological polar surface area (TPSA) is 42.7 Å². The van der Waals surface area contributed by atoms with Crippen molar-refractivity contribution in [2.75, 3.05) is 19.7 Å². The average molecular weight is 291 g/mol. The van der Waals surface area contributed by atoms with Gasteiger partial charge < -0.3 is 9.15 Å². The first-order valence-electron chi connectivity index (χ1n) is 7.14. The average Bonchev–Trinajstić information content (AvgIpc) is 2.92. The van der Waals surface area contributed by atoms with Crippen LogP contribution in [-0.2, 0) is 4.74 Å². The third kappa shape index (κ3) is 2.71. The Bertz CT molecular complexity index is 665. The van der Waals surface area contributed by atoms with Crippen LogP contribution in [0.25, 0.3) is 11.0 Å². The molecule has 3 rings (SSSR count). The normalized spacial score (nSPS) is 20.3. The molecule has 1 unspecified atom stereocenters. The molecule has 1 aliphatic rings. The Morgan fingerprint density at radius 1 is 1.43 bits per heavy atom. The summed E-state index contributed by atoms with van der Waals surface area (Å²) in [5, 5.41) is 0.592. The second kappa shape index (κ2) is 5.58. The van der Waals surface area contributed by atoms with E-state index in [0.717, 1.165) is 6.54 Å². The first-order chi connectivity index (χ1) is 10.1. The highest BCUT2D eigenvalue weighted by atomic mass is 19.1. The van der Waals surface area contributed by atoms with Gasteiger partial charge in [0, 0.05) is 24.5 Å². The van der Waals surface area contributed by atoms with Crippen LogP contribution >= 0.6 is 0 Å². The molecule has 0 bridgehead atoms. The Balaban J connectivity index is 1.84. The van der Waals surface area contributed by atoms with E-state index < -0.39 is 11.9 Å². The molecule has 0 N–H and O–H groups in total. The number of hydrogen-bond acceptors (Lipinski definition) is 4. The van der Waals surface area contributed by atoms with Gasteiger partial charge in [0.05, 0.1) is 6.61 Å². The minimum absolute atomic E-state index is 0.123. The third-order valence-electron chi connectivity index (χ3n) is 3.86. The van der Waals surface area contributed by atoms with Gasteiger partial charge in [-0.25, -0.2) is 4.39 Å². The van der Waals surface area contributed by atoms with Crippen molar-refractivity contribution in [3.63, 3.8) is 0 Å². The second-order valence-corrected chi connectivity index (χ2v) is 5.58. The molecule has 1 saturated heterocycles. The van der Waals surface area contributed by atoms with Gasteiger partial charge in [-0.05, 0) is 26.0 Å². The lowest BCUT2D eigenvalue weighted by molar-refractivity contribution is -0.0266. The first-order valence-corrected chi connectivity index (χ1v) is 7.14. The molecule has 0 aliphatic carbocycles. The number of Topliss-reactive ketones (excluding diaryl/α,β-unsaturated/α-hetero) is 1. The SMILES string of the molecule is CC(C)N1CCOC(C(=O)c2cc3cccc(F)c3o2)C1. The van der Waals surface area contributed by atoms with Gasteiger partial charge in [-0.1, -0.05) is 12.1 Å². The van der Waals surface area contributed by atoms with Gasteiger partial charge in [-0.15, -0.1) is 0 Å². The number of nitrogens with zero attached hydrogens (tertiary/aromatic N) is 1. The molecule has 5 heteroatoms. The van der Waals surface area contributed by atoms with Crippen LogP contribution in [0.3, 0.4) is 0 Å². The lowest BCUT2D eigenvalue weighted by Crippen LogP contribution is -2.48. The van der Waals surface area contributed by atoms with Crippen LogP contribution in [-0.4, -0.2) is 42.5 Å². The van der Waals surface area contributed by atoms with E-state index in [0.29, 0.717) is 24.6 Å². The van der Waals surface area contributed by atoms with Gasteiger partial charge in [0.25, 0.3) is 0 Å². The lowest BCUT2D eigenvalue weighted by Gasteiger charge is -2.34. The Hall–Kier alpha value is -1.72. The number of benzene rings is 1. The van der Waals surface area contributed by atoms with E-state index in [-0.39, 0.29) is 17.1 Å². The molecule has 2 heterocycles. The van der Waals surface area contributed by atoms with Crippen LogP contribution in [0.5, 0.6) is 0 Å². The molecule has 1 aliphatic heterocycles. The zero-order valence-electron chi connectivity index (χ0n) is 12.1. The molecule has 0 radical (unpaired) electrons. The lowest BCUT2D eigenvalue weighted by atomic mass is 10.1. The van der Waals surface area contributed by atoms with Crippen molar-refractivity contribution in [1.82, 2.24) is 4.90 Å². The summed E-state index contributed by atoms with van der Waals surface area (Å²) in [7, 11) is 0. The highest BCUT2D eigenvalue weighted by molar-refractivity contribution is 6.00. The Kier molecular flexibility index (Phi) is 3.78. The molecule has 0 spiro atoms. The zero-order valence-corrected chi connectivity index (χ0v) is 12.1. The van der Waals surface area contributed by atoms with Gasteiger partial charge in [0.1, 0.15) is 6.10 Å². The quantitative estimate of drug-likeness (QED) is 0.816. The second-order valence-electron chi connectivity index (χ2n) is 5.58. The number of halogens is 1. The van der Waals surface area contributed by atoms with Crippen molar-refractivity contribution in [2.45, 2.75) is 26.0 Å². The number of ether oxygens (including phenoxy) is 1. The molecule has 1 atom stereocenters. The summed E-state index contributed by atoms with van der Waals surface area (Å²) in [5.41, 5.74) is 0.123. The molecule has 21 heavy (non-hydrogen) atoms. The highest BCUT2D eigenvalue weighted by Crippen LogP contribution is 2.24. The Labute approximate surface area is 122 Å². The highest BCUT2D eigenvalue weighted by Gasteiger charge is 2.30. The van der Waals surface area contributed by atoms with E-state index in [1.165, 1.54) is 6.07 Å². The maximum absolute atomic E-state index is 13.6. The van der Waals surface area contributed by atoms with Crippen molar-refractivity contribution in [3.05, 3.63) is 35.8 Å². The minimum Gasteiger partial charge on any atom is -0.450 e. The monoisotopic (exact) mass is 291 g/mol. The smallest absolute Gasteiger partial charge is 0.227 e. The van der Waals surface area contributed by atoms with Crippen molar-refractivity contribution >= 4 is 16.8 Å². The van der Waals surface area contributed by atoms with E-state index in [4.69, 9.17) is 9.15 Å². The van der Waals surface area contributed by atoms with E-state index in [2.05, 4.69) is 18.7 Å². The summed E-state index contributed by atoms with van der Waals surface area (Å²) < 4.78 is 24.6. The molecule has 0 amide bonds. The number of morpholine rings is 1. The molecule has 4 nitrogen and oxygen atoms in total. The number of fused-ring (bicyclic) bond motifs is 1. The fraction of sp³-hybridized carbons (Fsp3) is 0.438. The van der Waals surface area contributed by atoms with Gasteiger partial charge >= 0.3 is 0 Å². The fourth-order valence-corrected chi connectivity index (χ4v) is 2.60. The van der Waals surface area contributed by atoms with Crippen LogP contribution in [0.2, 0.25) is 0 Å². The first kappa shape index (κ1) is 14.2. The zero-order chi connectivity index (χ0) is 15.0. The van der Waals surface area contributed by atoms with Crippen molar-refractivity contribution in [3.8, 4) is 0 Å². The summed E-state index contributed by atoms with van der Waals surface area (Å²) >= 11 is 0. The maximum Gasteiger partial charge on any atom is 0.227 e. The van der Waals surface area contributed by atoms with Crippen LogP contribution in [0.4, 0.5) is 4.39 Å². The summed E-state index contributed by atoms with van der Waals surface area (Å²) in [4.78, 5) is 14.7. The summed E-state index contributed by atoms with van der Waals surface area (Å²) in [6.45, 7) is 6.04. The molecule has 112 valence electrons. The van der Waals surface area contributed by atoms with Gasteiger partial charge in [0.2, 0.25) is 5.78 Å². The van der Waals surface area contributed by atoms with Crippen molar-refractivity contribution < 1.29 is 18.3 Å². The van der Waals surface area contributed by atoms with E-state index >= 15 is 0 Å². The number of ketones is 1. The van der Waals surface area contributed by atoms with E-state index in [9.17, 15) is 9.18 Å². The van der Waals surface area contributed by atoms with Crippen molar-refractivity contribution in [1.29, 1.82) is 0 Å². The standard InChI is InChI=1S/C16H18FNO3/c1-10(2)18-6-7-20-14(9-18)15(19)13-8-11-4-3-5-12(17)16(11)21-13/h3-5,8,10,14H,6-7,9H2,1-2H3. The molecular weight excluding hydrogens is 273 g/mol. The third-order valence-corrected chi connectivity index (χ3v) is 3.86. The number of carbonyl (C=O) groups excluding carboxylic acids is 1. The summed E-state index contributed by atoms with van der Waals surface area (Å²) in [6.07, 6.45) is -0.551. The Morgan fingerprint density at radius 2 is 2.24 bits per heavy atom. The van der Waals surface area contributed by atoms with Crippen LogP contribution < -0.4 is 0 Å². The van der Waals surface area contributed by atoms with Crippen LogP contribution in [0, 0.1) is 5.82 Å². The number of hydrogen-bond donors (Lipinski definition) is 0. The van der Waals surface area contributed by atoms with Crippen LogP contribution in [0.15, 0.2) is 28.7 Å². The number of para-hydroxylation sites is 1. The number of furan rings is 1. The van der Waals surface area contributed by atoms with Crippen molar-refractivity contribution in [2.24, 2.45) is 0 Å². The van der Waals surface area contributed by atoms with Gasteiger partial charge in [-0.2, -0.15) is 0 Å². The van der Waals surface area contributed by atoms with Gasteiger partial charge in [-0.3, -0.25) is 9.69 Å². The summed E-state index contributed by atoms with van der Waals surface area (Å²) in [5.74, 6) is -0.526. The molecule has 1 fully saturated rings. The van der Waals surface area contributed by atoms with Gasteiger partial charge in [0.15, 0.2) is 17.2 Å². The molecule has 1 aromatic heterocycles. The molecular formula is C16H18FNO3. The molecule has 1 aromatic carbocycles. The van der Waals surface area contributed by atoms with E-state index in [1.54, 1.807) is 18.2 Å². The maximum atomic E-state index is 13.6. The fourth-order valence-electron chi connectivity index (χ4n) is 2.60. The van der Waals surface area contributed by atoms with Crippen LogP contribution in [0.1, 0.15) is 24.4 Å². The van der Waals surface area contributed by atoms with E-state index in [1.807, 2.05) is 0 Å². The Morgan fingerprint density at radius 3 is 2.95 bits per heavy atom. The predicted molar refractivity (Wildman–Crippen MR) is 77.0 cm³/mol. The predicted octanol–water partition coefficient (Wildman–Crippen LogP) is 2.86. The largest absolute Gasteiger partial charge is 0.450 e. The molecule has 2 aromatic rings. The number of carbonyl (C=O) groups is 1. The minimum atomic E-state index is -0.551. The molecule has 0 saturated carbocycles. The number of rotatable bonds is 3.